The maximum absolute atomic E-state index is 5.85. The molecule has 0 radical (unpaired) electrons. The van der Waals surface area contributed by atoms with Crippen LogP contribution >= 0.6 is 0 Å². The number of fused-ring (bicyclic) bond motifs is 1. The quantitative estimate of drug-likeness (QED) is 0.596. The van der Waals surface area contributed by atoms with Crippen LogP contribution in [0.5, 0.6) is 0 Å². The second-order valence-corrected chi connectivity index (χ2v) is 5.79. The van der Waals surface area contributed by atoms with Gasteiger partial charge in [-0.1, -0.05) is 29.8 Å². The molecule has 2 heteroatoms. The van der Waals surface area contributed by atoms with Crippen LogP contribution in [0.25, 0.3) is 23.1 Å². The maximum Gasteiger partial charge on any atom is 0.134 e. The van der Waals surface area contributed by atoms with Crippen molar-refractivity contribution in [2.45, 2.75) is 20.8 Å². The molecule has 0 bridgehead atoms. The first kappa shape index (κ1) is 15.4. The molecule has 3 rings (SSSR count). The van der Waals surface area contributed by atoms with Gasteiger partial charge >= 0.3 is 0 Å². The predicted molar refractivity (Wildman–Crippen MR) is 99.9 cm³/mol. The van der Waals surface area contributed by atoms with Crippen LogP contribution in [-0.4, -0.2) is 13.1 Å². The Morgan fingerprint density at radius 1 is 0.913 bits per heavy atom. The molecule has 0 atom stereocenters. The smallest absolute Gasteiger partial charge is 0.134 e. The van der Waals surface area contributed by atoms with Crippen LogP contribution in [0.15, 0.2) is 52.9 Å². The van der Waals surface area contributed by atoms with Crippen molar-refractivity contribution in [2.24, 2.45) is 0 Å². The molecule has 0 unspecified atom stereocenters. The molecule has 0 amide bonds. The summed E-state index contributed by atoms with van der Waals surface area (Å²) in [4.78, 5) is 2.34. The Kier molecular flexibility index (Phi) is 4.52. The van der Waals surface area contributed by atoms with Gasteiger partial charge in [-0.3, -0.25) is 0 Å². The predicted octanol–water partition coefficient (Wildman–Crippen LogP) is 5.76. The number of rotatable bonds is 5. The first-order valence-electron chi connectivity index (χ1n) is 8.23. The van der Waals surface area contributed by atoms with Crippen LogP contribution in [-0.2, 0) is 0 Å². The molecule has 0 N–H and O–H groups in total. The van der Waals surface area contributed by atoms with Crippen LogP contribution in [0.1, 0.15) is 30.7 Å². The van der Waals surface area contributed by atoms with E-state index in [1.807, 2.05) is 12.1 Å². The third kappa shape index (κ3) is 3.48. The van der Waals surface area contributed by atoms with Crippen molar-refractivity contribution >= 4 is 28.8 Å². The fourth-order valence-corrected chi connectivity index (χ4v) is 2.83. The molecule has 23 heavy (non-hydrogen) atoms. The molecule has 0 saturated heterocycles. The van der Waals surface area contributed by atoms with E-state index >= 15 is 0 Å². The Balaban J connectivity index is 1.78. The van der Waals surface area contributed by atoms with Gasteiger partial charge in [-0.2, -0.15) is 0 Å². The molecule has 3 aromatic rings. The fourth-order valence-electron chi connectivity index (χ4n) is 2.83. The van der Waals surface area contributed by atoms with Gasteiger partial charge in [-0.15, -0.1) is 0 Å². The van der Waals surface area contributed by atoms with Crippen LogP contribution in [0.4, 0.5) is 5.69 Å². The Bertz CT molecular complexity index is 807. The van der Waals surface area contributed by atoms with Gasteiger partial charge in [0.1, 0.15) is 11.3 Å². The van der Waals surface area contributed by atoms with E-state index in [0.29, 0.717) is 0 Å². The first-order chi connectivity index (χ1) is 11.2. The highest BCUT2D eigenvalue weighted by molar-refractivity contribution is 5.82. The normalized spacial score (nSPS) is 11.4. The average molecular weight is 305 g/mol. The number of benzene rings is 2. The van der Waals surface area contributed by atoms with Gasteiger partial charge in [0.25, 0.3) is 0 Å². The summed E-state index contributed by atoms with van der Waals surface area (Å²) in [5, 5.41) is 1.15. The van der Waals surface area contributed by atoms with Gasteiger partial charge < -0.3 is 9.32 Å². The topological polar surface area (TPSA) is 16.4 Å². The molecular weight excluding hydrogens is 282 g/mol. The Labute approximate surface area is 138 Å². The summed E-state index contributed by atoms with van der Waals surface area (Å²) in [5.74, 6) is 0.887. The van der Waals surface area contributed by atoms with Gasteiger partial charge in [0.2, 0.25) is 0 Å². The minimum absolute atomic E-state index is 0.887. The number of hydrogen-bond donors (Lipinski definition) is 0. The van der Waals surface area contributed by atoms with E-state index in [9.17, 15) is 0 Å². The minimum atomic E-state index is 0.887. The molecule has 1 heterocycles. The SMILES string of the molecule is CCN(CC)c1ccc(/C=C/c2cc3cc(C)ccc3o2)cc1. The van der Waals surface area contributed by atoms with Crippen molar-refractivity contribution in [2.75, 3.05) is 18.0 Å². The minimum Gasteiger partial charge on any atom is -0.457 e. The largest absolute Gasteiger partial charge is 0.457 e. The van der Waals surface area contributed by atoms with Crippen molar-refractivity contribution in [1.82, 2.24) is 0 Å². The number of hydrogen-bond acceptors (Lipinski definition) is 2. The van der Waals surface area contributed by atoms with Crippen molar-refractivity contribution in [3.63, 3.8) is 0 Å². The van der Waals surface area contributed by atoms with Gasteiger partial charge in [0, 0.05) is 24.2 Å². The van der Waals surface area contributed by atoms with E-state index in [4.69, 9.17) is 4.42 Å². The lowest BCUT2D eigenvalue weighted by Crippen LogP contribution is -2.21. The standard InChI is InChI=1S/C21H23NO/c1-4-22(5-2)19-10-7-17(8-11-19)9-12-20-15-18-14-16(3)6-13-21(18)23-20/h6-15H,4-5H2,1-3H3/b12-9+. The van der Waals surface area contributed by atoms with Gasteiger partial charge in [-0.25, -0.2) is 0 Å². The average Bonchev–Trinajstić information content (AvgIpc) is 2.97. The van der Waals surface area contributed by atoms with E-state index < -0.39 is 0 Å². The molecule has 0 saturated carbocycles. The van der Waals surface area contributed by atoms with Gasteiger partial charge in [0.15, 0.2) is 0 Å². The van der Waals surface area contributed by atoms with Crippen molar-refractivity contribution in [3.05, 3.63) is 65.4 Å². The molecule has 2 nitrogen and oxygen atoms in total. The molecule has 0 aliphatic carbocycles. The Morgan fingerprint density at radius 2 is 1.65 bits per heavy atom. The van der Waals surface area contributed by atoms with Gasteiger partial charge in [0.05, 0.1) is 0 Å². The fraction of sp³-hybridized carbons (Fsp3) is 0.238. The van der Waals surface area contributed by atoms with E-state index in [1.54, 1.807) is 0 Å². The van der Waals surface area contributed by atoms with Crippen molar-refractivity contribution in [1.29, 1.82) is 0 Å². The van der Waals surface area contributed by atoms with E-state index in [1.165, 1.54) is 16.8 Å². The molecule has 0 fully saturated rings. The van der Waals surface area contributed by atoms with Crippen molar-refractivity contribution < 1.29 is 4.42 Å². The second kappa shape index (κ2) is 6.74. The third-order valence-electron chi connectivity index (χ3n) is 4.15. The number of aryl methyl sites for hydroxylation is 1. The second-order valence-electron chi connectivity index (χ2n) is 5.79. The van der Waals surface area contributed by atoms with E-state index in [0.717, 1.165) is 29.8 Å². The summed E-state index contributed by atoms with van der Waals surface area (Å²) in [6.45, 7) is 8.52. The Hall–Kier alpha value is -2.48. The van der Waals surface area contributed by atoms with Crippen molar-refractivity contribution in [3.8, 4) is 0 Å². The summed E-state index contributed by atoms with van der Waals surface area (Å²) >= 11 is 0. The monoisotopic (exact) mass is 305 g/mol. The highest BCUT2D eigenvalue weighted by atomic mass is 16.3. The molecule has 0 aliphatic rings. The van der Waals surface area contributed by atoms with E-state index in [2.05, 4.69) is 74.2 Å². The summed E-state index contributed by atoms with van der Waals surface area (Å²) in [6.07, 6.45) is 4.12. The zero-order chi connectivity index (χ0) is 16.2. The molecule has 0 spiro atoms. The van der Waals surface area contributed by atoms with Crippen LogP contribution < -0.4 is 4.90 Å². The molecule has 2 aromatic carbocycles. The summed E-state index contributed by atoms with van der Waals surface area (Å²) < 4.78 is 5.85. The maximum atomic E-state index is 5.85. The number of furan rings is 1. The zero-order valence-corrected chi connectivity index (χ0v) is 14.0. The third-order valence-corrected chi connectivity index (χ3v) is 4.15. The number of anilines is 1. The molecular formula is C21H23NO. The van der Waals surface area contributed by atoms with Crippen LogP contribution in [0.2, 0.25) is 0 Å². The summed E-state index contributed by atoms with van der Waals surface area (Å²) in [7, 11) is 0. The molecule has 0 aliphatic heterocycles. The lowest BCUT2D eigenvalue weighted by atomic mass is 10.1. The van der Waals surface area contributed by atoms with Crippen LogP contribution in [0.3, 0.4) is 0 Å². The lowest BCUT2D eigenvalue weighted by Gasteiger charge is -2.20. The first-order valence-corrected chi connectivity index (χ1v) is 8.23. The zero-order valence-electron chi connectivity index (χ0n) is 14.0. The van der Waals surface area contributed by atoms with Crippen LogP contribution in [0, 0.1) is 6.92 Å². The van der Waals surface area contributed by atoms with Gasteiger partial charge in [-0.05, 0) is 62.7 Å². The lowest BCUT2D eigenvalue weighted by molar-refractivity contribution is 0.604. The number of nitrogens with zero attached hydrogens (tertiary/aromatic N) is 1. The molecule has 1 aromatic heterocycles. The summed E-state index contributed by atoms with van der Waals surface area (Å²) in [6, 6.07) is 17.0. The molecule has 118 valence electrons. The Morgan fingerprint density at radius 3 is 2.35 bits per heavy atom. The summed E-state index contributed by atoms with van der Waals surface area (Å²) in [5.41, 5.74) is 4.64. The highest BCUT2D eigenvalue weighted by Crippen LogP contribution is 2.22. The highest BCUT2D eigenvalue weighted by Gasteiger charge is 2.02. The van der Waals surface area contributed by atoms with E-state index in [-0.39, 0.29) is 0 Å².